The first kappa shape index (κ1) is 18.0. The molecule has 4 nitrogen and oxygen atoms in total. The average molecular weight is 344 g/mol. The van der Waals surface area contributed by atoms with Crippen LogP contribution in [0.2, 0.25) is 0 Å². The maximum Gasteiger partial charge on any atom is 0.302 e. The van der Waals surface area contributed by atoms with Gasteiger partial charge in [0.1, 0.15) is 5.75 Å². The summed E-state index contributed by atoms with van der Waals surface area (Å²) in [6, 6.07) is 8.13. The summed E-state index contributed by atoms with van der Waals surface area (Å²) in [7, 11) is 1.67. The summed E-state index contributed by atoms with van der Waals surface area (Å²) in [5.41, 5.74) is 2.37. The lowest BCUT2D eigenvalue weighted by atomic mass is 9.56. The first-order valence-corrected chi connectivity index (χ1v) is 8.96. The molecule has 3 rings (SSSR count). The zero-order valence-electron chi connectivity index (χ0n) is 15.7. The Balaban J connectivity index is 1.92. The van der Waals surface area contributed by atoms with Crippen molar-refractivity contribution in [2.75, 3.05) is 20.3 Å². The molecule has 0 radical (unpaired) electrons. The van der Waals surface area contributed by atoms with Crippen molar-refractivity contribution >= 4 is 5.97 Å². The maximum atomic E-state index is 11.4. The van der Waals surface area contributed by atoms with Crippen LogP contribution in [0.5, 0.6) is 5.75 Å². The molecular formula is C21H28O4. The highest BCUT2D eigenvalue weighted by Gasteiger charge is 2.54. The van der Waals surface area contributed by atoms with Gasteiger partial charge >= 0.3 is 5.97 Å². The Hall–Kier alpha value is -1.81. The van der Waals surface area contributed by atoms with E-state index in [1.807, 2.05) is 12.1 Å². The summed E-state index contributed by atoms with van der Waals surface area (Å²) < 4.78 is 17.1. The van der Waals surface area contributed by atoms with Crippen LogP contribution in [0.4, 0.5) is 0 Å². The molecule has 0 saturated carbocycles. The molecule has 136 valence electrons. The van der Waals surface area contributed by atoms with E-state index in [4.69, 9.17) is 14.2 Å². The molecule has 0 spiro atoms. The summed E-state index contributed by atoms with van der Waals surface area (Å²) >= 11 is 0. The predicted molar refractivity (Wildman–Crippen MR) is 96.3 cm³/mol. The summed E-state index contributed by atoms with van der Waals surface area (Å²) in [4.78, 5) is 11.4. The topological polar surface area (TPSA) is 44.8 Å². The molecule has 0 amide bonds. The van der Waals surface area contributed by atoms with Crippen molar-refractivity contribution in [3.8, 4) is 5.75 Å². The number of hydrogen-bond acceptors (Lipinski definition) is 4. The van der Waals surface area contributed by atoms with Crippen LogP contribution in [0.1, 0.15) is 39.4 Å². The SMILES string of the molecule is COc1ccc([C@@H]2OC[C@]3(COC(C)=O)[C@H](C)C=C(C)[C@@H]2[C@H]3C)cc1. The third kappa shape index (κ3) is 3.08. The lowest BCUT2D eigenvalue weighted by Gasteiger charge is -2.55. The Morgan fingerprint density at radius 1 is 1.28 bits per heavy atom. The Kier molecular flexibility index (Phi) is 4.92. The molecule has 2 aliphatic rings. The van der Waals surface area contributed by atoms with Gasteiger partial charge in [0, 0.05) is 18.3 Å². The highest BCUT2D eigenvalue weighted by molar-refractivity contribution is 5.66. The van der Waals surface area contributed by atoms with E-state index in [1.54, 1.807) is 7.11 Å². The van der Waals surface area contributed by atoms with Gasteiger partial charge in [-0.25, -0.2) is 0 Å². The molecular weight excluding hydrogens is 316 g/mol. The molecule has 0 unspecified atom stereocenters. The average Bonchev–Trinajstić information content (AvgIpc) is 2.59. The summed E-state index contributed by atoms with van der Waals surface area (Å²) in [5.74, 6) is 1.59. The van der Waals surface area contributed by atoms with Crippen LogP contribution in [0.3, 0.4) is 0 Å². The maximum absolute atomic E-state index is 11.4. The summed E-state index contributed by atoms with van der Waals surface area (Å²) in [6.45, 7) is 9.16. The molecule has 1 aromatic carbocycles. The van der Waals surface area contributed by atoms with E-state index in [-0.39, 0.29) is 23.4 Å². The quantitative estimate of drug-likeness (QED) is 0.607. The highest BCUT2D eigenvalue weighted by atomic mass is 16.5. The van der Waals surface area contributed by atoms with Crippen molar-refractivity contribution in [2.24, 2.45) is 23.2 Å². The zero-order valence-corrected chi connectivity index (χ0v) is 15.7. The molecule has 0 N–H and O–H groups in total. The second-order valence-electron chi connectivity index (χ2n) is 7.53. The standard InChI is InChI=1S/C21H28O4/c1-13-10-14(2)21(11-24-16(4)22)12-25-20(19(13)15(21)3)17-6-8-18(23-5)9-7-17/h6-10,14-15,19-20H,11-12H2,1-5H3/t14-,15-,19-,20+,21-/m1/s1. The first-order valence-electron chi connectivity index (χ1n) is 8.96. The van der Waals surface area contributed by atoms with Gasteiger partial charge in [0.2, 0.25) is 0 Å². The van der Waals surface area contributed by atoms with Gasteiger partial charge in [-0.15, -0.1) is 0 Å². The zero-order chi connectivity index (χ0) is 18.2. The van der Waals surface area contributed by atoms with E-state index in [0.29, 0.717) is 25.0 Å². The van der Waals surface area contributed by atoms with Crippen molar-refractivity contribution in [1.29, 1.82) is 0 Å². The fourth-order valence-electron chi connectivity index (χ4n) is 4.59. The number of hydrogen-bond donors (Lipinski definition) is 0. The smallest absolute Gasteiger partial charge is 0.302 e. The minimum Gasteiger partial charge on any atom is -0.497 e. The molecule has 1 fully saturated rings. The lowest BCUT2D eigenvalue weighted by molar-refractivity contribution is -0.180. The molecule has 25 heavy (non-hydrogen) atoms. The van der Waals surface area contributed by atoms with Crippen LogP contribution in [0.15, 0.2) is 35.9 Å². The molecule has 0 aromatic heterocycles. The second kappa shape index (κ2) is 6.83. The van der Waals surface area contributed by atoms with E-state index in [0.717, 1.165) is 5.75 Å². The van der Waals surface area contributed by atoms with E-state index < -0.39 is 0 Å². The predicted octanol–water partition coefficient (Wildman–Crippen LogP) is 4.16. The van der Waals surface area contributed by atoms with Crippen LogP contribution in [-0.2, 0) is 14.3 Å². The van der Waals surface area contributed by atoms with Gasteiger partial charge in [0.25, 0.3) is 0 Å². The Bertz CT molecular complexity index is 663. The number of fused-ring (bicyclic) bond motifs is 2. The molecule has 1 aliphatic heterocycles. The normalized spacial score (nSPS) is 34.2. The second-order valence-corrected chi connectivity index (χ2v) is 7.53. The number of esters is 1. The third-order valence-electron chi connectivity index (χ3n) is 6.24. The van der Waals surface area contributed by atoms with Gasteiger partial charge in [0.05, 0.1) is 26.4 Å². The lowest BCUT2D eigenvalue weighted by Crippen LogP contribution is -2.54. The van der Waals surface area contributed by atoms with Gasteiger partial charge in [-0.05, 0) is 36.5 Å². The minimum atomic E-state index is -0.228. The summed E-state index contributed by atoms with van der Waals surface area (Å²) in [5, 5.41) is 0. The largest absolute Gasteiger partial charge is 0.497 e. The van der Waals surface area contributed by atoms with Crippen molar-refractivity contribution in [3.05, 3.63) is 41.5 Å². The number of ether oxygens (including phenoxy) is 3. The monoisotopic (exact) mass is 344 g/mol. The number of benzene rings is 1. The van der Waals surface area contributed by atoms with E-state index in [2.05, 4.69) is 39.0 Å². The van der Waals surface area contributed by atoms with Gasteiger partial charge in [-0.1, -0.05) is 37.6 Å². The van der Waals surface area contributed by atoms with Crippen molar-refractivity contribution < 1.29 is 19.0 Å². The Labute approximate surface area is 150 Å². The van der Waals surface area contributed by atoms with Gasteiger partial charge in [-0.2, -0.15) is 0 Å². The van der Waals surface area contributed by atoms with Crippen molar-refractivity contribution in [3.63, 3.8) is 0 Å². The molecule has 4 heteroatoms. The molecule has 1 saturated heterocycles. The minimum absolute atomic E-state index is 0.0232. The Morgan fingerprint density at radius 2 is 1.96 bits per heavy atom. The number of methoxy groups -OCH3 is 1. The molecule has 1 aromatic rings. The fraction of sp³-hybridized carbons (Fsp3) is 0.571. The molecule has 1 heterocycles. The third-order valence-corrected chi connectivity index (χ3v) is 6.24. The van der Waals surface area contributed by atoms with Crippen LogP contribution in [0.25, 0.3) is 0 Å². The van der Waals surface area contributed by atoms with Gasteiger partial charge in [0.15, 0.2) is 0 Å². The molecule has 1 aliphatic carbocycles. The number of carbonyl (C=O) groups excluding carboxylic acids is 1. The van der Waals surface area contributed by atoms with E-state index >= 15 is 0 Å². The molecule has 5 atom stereocenters. The van der Waals surface area contributed by atoms with Crippen LogP contribution >= 0.6 is 0 Å². The number of allylic oxidation sites excluding steroid dienone is 1. The first-order chi connectivity index (χ1) is 11.9. The van der Waals surface area contributed by atoms with Crippen LogP contribution < -0.4 is 4.74 Å². The number of carbonyl (C=O) groups is 1. The van der Waals surface area contributed by atoms with Gasteiger partial charge < -0.3 is 14.2 Å². The van der Waals surface area contributed by atoms with E-state index in [9.17, 15) is 4.79 Å². The molecule has 2 bridgehead atoms. The summed E-state index contributed by atoms with van der Waals surface area (Å²) in [6.07, 6.45) is 2.36. The van der Waals surface area contributed by atoms with Crippen LogP contribution in [-0.4, -0.2) is 26.3 Å². The van der Waals surface area contributed by atoms with Crippen molar-refractivity contribution in [1.82, 2.24) is 0 Å². The van der Waals surface area contributed by atoms with Crippen LogP contribution in [0, 0.1) is 23.2 Å². The van der Waals surface area contributed by atoms with E-state index in [1.165, 1.54) is 18.1 Å². The fourth-order valence-corrected chi connectivity index (χ4v) is 4.59. The van der Waals surface area contributed by atoms with Gasteiger partial charge in [-0.3, -0.25) is 4.79 Å². The Morgan fingerprint density at radius 3 is 2.56 bits per heavy atom. The number of rotatable bonds is 4. The van der Waals surface area contributed by atoms with Crippen molar-refractivity contribution in [2.45, 2.75) is 33.8 Å². The highest BCUT2D eigenvalue weighted by Crippen LogP contribution is 2.56.